The molecular weight excluding hydrogens is 694 g/mol. The number of carbonyl (C=O) groups is 1. The van der Waals surface area contributed by atoms with E-state index in [1.807, 2.05) is 53.1 Å². The molecule has 2 heterocycles. The highest BCUT2D eigenvalue weighted by Gasteiger charge is 2.49. The van der Waals surface area contributed by atoms with Crippen molar-refractivity contribution in [2.24, 2.45) is 10.8 Å². The number of methoxy groups -OCH3 is 1. The lowest BCUT2D eigenvalue weighted by molar-refractivity contribution is -0.160. The predicted molar refractivity (Wildman–Crippen MR) is 186 cm³/mol. The van der Waals surface area contributed by atoms with Crippen LogP contribution in [0.5, 0.6) is 0 Å². The van der Waals surface area contributed by atoms with Gasteiger partial charge in [-0.15, -0.1) is 0 Å². The molecule has 0 amide bonds. The number of nitrogens with zero attached hydrogens (tertiary/aromatic N) is 3. The van der Waals surface area contributed by atoms with Crippen LogP contribution in [-0.4, -0.2) is 84.5 Å². The van der Waals surface area contributed by atoms with Gasteiger partial charge in [0.25, 0.3) is 14.1 Å². The summed E-state index contributed by atoms with van der Waals surface area (Å²) >= 11 is 0. The number of rotatable bonds is 19. The molecule has 1 N–H and O–H groups in total. The Morgan fingerprint density at radius 3 is 2.30 bits per heavy atom. The van der Waals surface area contributed by atoms with E-state index < -0.39 is 76.9 Å². The molecule has 1 aliphatic rings. The van der Waals surface area contributed by atoms with Crippen molar-refractivity contribution in [1.82, 2.24) is 14.2 Å². The van der Waals surface area contributed by atoms with Gasteiger partial charge in [-0.1, -0.05) is 20.8 Å². The van der Waals surface area contributed by atoms with Gasteiger partial charge in [0.15, 0.2) is 13.0 Å². The van der Waals surface area contributed by atoms with Crippen LogP contribution in [0, 0.1) is 22.2 Å². The molecule has 1 aromatic rings. The van der Waals surface area contributed by atoms with Crippen molar-refractivity contribution < 1.29 is 46.4 Å². The maximum Gasteiger partial charge on any atom is 0.358 e. The Kier molecular flexibility index (Phi) is 17.1. The van der Waals surface area contributed by atoms with Gasteiger partial charge in [0.1, 0.15) is 18.3 Å². The molecule has 0 radical (unpaired) electrons. The van der Waals surface area contributed by atoms with Crippen molar-refractivity contribution in [3.05, 3.63) is 45.0 Å². The van der Waals surface area contributed by atoms with Gasteiger partial charge in [-0.3, -0.25) is 32.8 Å². The minimum absolute atomic E-state index is 0.0379. The third-order valence-corrected chi connectivity index (χ3v) is 10.4. The summed E-state index contributed by atoms with van der Waals surface area (Å²) < 4.78 is 63.9. The number of aromatic nitrogens is 2. The number of aromatic amines is 1. The highest BCUT2D eigenvalue weighted by Crippen LogP contribution is 2.53. The van der Waals surface area contributed by atoms with Crippen molar-refractivity contribution in [3.8, 4) is 6.07 Å². The van der Waals surface area contributed by atoms with Gasteiger partial charge in [-0.05, 0) is 60.0 Å². The fourth-order valence-corrected chi connectivity index (χ4v) is 7.38. The molecule has 0 spiro atoms. The molecule has 1 aliphatic heterocycles. The van der Waals surface area contributed by atoms with E-state index in [9.17, 15) is 24.2 Å². The van der Waals surface area contributed by atoms with Crippen LogP contribution in [0.15, 0.2) is 33.7 Å². The summed E-state index contributed by atoms with van der Waals surface area (Å²) in [6.07, 6.45) is -1.33. The topological polar surface area (TPSA) is 190 Å². The number of H-pyrrole nitrogens is 1. The number of ether oxygens (including phenoxy) is 4. The lowest BCUT2D eigenvalue weighted by Crippen LogP contribution is -2.41. The van der Waals surface area contributed by atoms with Crippen LogP contribution in [0.4, 0.5) is 0 Å². The first-order valence-corrected chi connectivity index (χ1v) is 19.0. The third-order valence-electron chi connectivity index (χ3n) is 6.84. The zero-order valence-electron chi connectivity index (χ0n) is 30.9. The van der Waals surface area contributed by atoms with E-state index in [4.69, 9.17) is 37.0 Å². The summed E-state index contributed by atoms with van der Waals surface area (Å²) in [6.45, 7) is 18.1. The zero-order chi connectivity index (χ0) is 37.9. The van der Waals surface area contributed by atoms with Crippen LogP contribution >= 0.6 is 16.1 Å². The van der Waals surface area contributed by atoms with Gasteiger partial charge in [-0.2, -0.15) is 5.26 Å². The van der Waals surface area contributed by atoms with E-state index in [-0.39, 0.29) is 30.5 Å². The van der Waals surface area contributed by atoms with Crippen molar-refractivity contribution in [3.63, 3.8) is 0 Å². The first-order valence-electron chi connectivity index (χ1n) is 16.3. The van der Waals surface area contributed by atoms with Crippen molar-refractivity contribution in [2.75, 3.05) is 33.9 Å². The summed E-state index contributed by atoms with van der Waals surface area (Å²) in [5.41, 5.74) is -2.39. The van der Waals surface area contributed by atoms with Gasteiger partial charge in [0, 0.05) is 37.3 Å². The van der Waals surface area contributed by atoms with Crippen LogP contribution in [-0.2, 0) is 46.4 Å². The number of carbonyl (C=O) groups excluding carboxylic acids is 1. The first kappa shape index (κ1) is 43.9. The minimum atomic E-state index is -4.18. The van der Waals surface area contributed by atoms with E-state index in [0.29, 0.717) is 6.61 Å². The second kappa shape index (κ2) is 19.5. The largest absolute Gasteiger partial charge is 0.438 e. The molecule has 16 nitrogen and oxygen atoms in total. The van der Waals surface area contributed by atoms with E-state index in [2.05, 4.69) is 11.1 Å². The number of hydrogen-bond acceptors (Lipinski definition) is 14. The molecule has 3 unspecified atom stereocenters. The van der Waals surface area contributed by atoms with Crippen LogP contribution in [0.3, 0.4) is 0 Å². The fourth-order valence-electron chi connectivity index (χ4n) is 4.58. The van der Waals surface area contributed by atoms with Crippen molar-refractivity contribution in [2.45, 2.75) is 112 Å². The van der Waals surface area contributed by atoms with E-state index in [0.717, 1.165) is 10.4 Å². The van der Waals surface area contributed by atoms with Gasteiger partial charge in [0.05, 0.1) is 31.1 Å². The van der Waals surface area contributed by atoms with Gasteiger partial charge in [0.2, 0.25) is 6.79 Å². The van der Waals surface area contributed by atoms with E-state index in [1.165, 1.54) is 25.4 Å². The second-order valence-electron chi connectivity index (χ2n) is 14.3. The Morgan fingerprint density at radius 2 is 1.76 bits per heavy atom. The minimum Gasteiger partial charge on any atom is -0.438 e. The molecule has 6 atom stereocenters. The average Bonchev–Trinajstić information content (AvgIpc) is 3.33. The molecule has 1 fully saturated rings. The maximum absolute atomic E-state index is 14.0. The second-order valence-corrected chi connectivity index (χ2v) is 17.6. The van der Waals surface area contributed by atoms with Crippen LogP contribution in [0.1, 0.15) is 81.9 Å². The Labute approximate surface area is 295 Å². The summed E-state index contributed by atoms with van der Waals surface area (Å²) in [5.74, 6) is 0.567. The van der Waals surface area contributed by atoms with E-state index >= 15 is 0 Å². The first-order chi connectivity index (χ1) is 23.2. The molecule has 1 aromatic heterocycles. The molecule has 0 aliphatic carbocycles. The quantitative estimate of drug-likeness (QED) is 0.0817. The lowest BCUT2D eigenvalue weighted by Gasteiger charge is -2.38. The summed E-state index contributed by atoms with van der Waals surface area (Å²) in [6, 6.07) is 3.15. The molecule has 18 heteroatoms. The highest BCUT2D eigenvalue weighted by atomic mass is 31.2. The number of esters is 1. The maximum atomic E-state index is 14.0. The van der Waals surface area contributed by atoms with Gasteiger partial charge < -0.3 is 28.0 Å². The molecule has 0 bridgehead atoms. The highest BCUT2D eigenvalue weighted by molar-refractivity contribution is 7.57. The molecule has 284 valence electrons. The lowest BCUT2D eigenvalue weighted by atomic mass is 9.98. The van der Waals surface area contributed by atoms with Crippen LogP contribution in [0.25, 0.3) is 0 Å². The van der Waals surface area contributed by atoms with Gasteiger partial charge in [-0.25, -0.2) is 9.46 Å². The Bertz CT molecular complexity index is 1450. The molecule has 0 saturated carbocycles. The summed E-state index contributed by atoms with van der Waals surface area (Å²) in [4.78, 5) is 39.3. The molecular formula is C32H54N4O12P2. The number of hydrogen-bond donors (Lipinski definition) is 1. The van der Waals surface area contributed by atoms with Crippen molar-refractivity contribution >= 4 is 22.1 Å². The Hall–Kier alpha value is -2.28. The van der Waals surface area contributed by atoms with Crippen molar-refractivity contribution in [1.29, 1.82) is 5.26 Å². The number of nitriles is 1. The molecule has 50 heavy (non-hydrogen) atoms. The van der Waals surface area contributed by atoms with Crippen LogP contribution < -0.4 is 11.2 Å². The monoisotopic (exact) mass is 748 g/mol. The molecule has 2 rings (SSSR count). The standard InChI is InChI=1S/C32H54N4O12P2/c1-22(2)36(23(3)4)49(44-17-12-15-33)48-26-24(47-28(27(26)41-11)35-16-13-25(37)34-30(35)39)14-18-50(40,45-20-42-19-31(5,6)7)46-21-43-29(38)32(8,9)10/h13-14,16,18,22-24,26-28H,12,17,19-21H2,1-11H3,(H,34,37,39)/b18-14+/t24-,26+,27?,28-,49?,50?/m1/s1. The summed E-state index contributed by atoms with van der Waals surface area (Å²) in [7, 11) is -4.61. The Balaban J connectivity index is 2.56. The summed E-state index contributed by atoms with van der Waals surface area (Å²) in [5, 5.41) is 9.17. The average molecular weight is 749 g/mol. The molecule has 1 saturated heterocycles. The zero-order valence-corrected chi connectivity index (χ0v) is 32.7. The molecule has 0 aromatic carbocycles. The smallest absolute Gasteiger partial charge is 0.358 e. The normalized spacial score (nSPS) is 21.9. The van der Waals surface area contributed by atoms with Gasteiger partial charge >= 0.3 is 19.3 Å². The Morgan fingerprint density at radius 1 is 1.12 bits per heavy atom. The van der Waals surface area contributed by atoms with E-state index in [1.54, 1.807) is 20.8 Å². The SMILES string of the molecule is COC1[C@@H](OP(OCCC#N)N(C(C)C)C(C)C)[C@@H](/C=C/P(=O)(OCOCC(C)(C)C)OCOC(=O)C(C)(C)C)O[C@H]1n1ccc(=O)[nH]c1=O. The number of nitrogens with one attached hydrogen (secondary N) is 1. The predicted octanol–water partition coefficient (Wildman–Crippen LogP) is 5.42. The third kappa shape index (κ3) is 13.7. The fraction of sp³-hybridized carbons (Fsp3) is 0.750. The van der Waals surface area contributed by atoms with Crippen LogP contribution in [0.2, 0.25) is 0 Å².